The highest BCUT2D eigenvalue weighted by Crippen LogP contribution is 2.30. The molecule has 8 aromatic rings. The third-order valence-electron chi connectivity index (χ3n) is 10.1. The number of amides is 2. The van der Waals surface area contributed by atoms with Crippen molar-refractivity contribution in [3.63, 3.8) is 0 Å². The van der Waals surface area contributed by atoms with E-state index in [0.29, 0.717) is 90.1 Å². The van der Waals surface area contributed by atoms with Gasteiger partial charge in [-0.2, -0.15) is 19.2 Å². The van der Waals surface area contributed by atoms with Gasteiger partial charge in [-0.3, -0.25) is 19.7 Å². The molecule has 0 aliphatic carbocycles. The van der Waals surface area contributed by atoms with Crippen LogP contribution in [0.4, 0.5) is 46.0 Å². The van der Waals surface area contributed by atoms with Crippen LogP contribution in [0, 0.1) is 0 Å². The van der Waals surface area contributed by atoms with Crippen LogP contribution in [0.2, 0.25) is 10.0 Å². The number of nitrogens with one attached hydrogen (secondary N) is 5. The number of fused-ring (bicyclic) bond motifs is 2. The molecule has 0 atom stereocenters. The van der Waals surface area contributed by atoms with Gasteiger partial charge in [-0.05, 0) is 120 Å². The van der Waals surface area contributed by atoms with Crippen molar-refractivity contribution in [2.24, 2.45) is 0 Å². The molecule has 18 nitrogen and oxygen atoms in total. The van der Waals surface area contributed by atoms with E-state index in [-0.39, 0.29) is 12.3 Å². The molecule has 72 heavy (non-hydrogen) atoms. The minimum absolute atomic E-state index is 0.0147. The van der Waals surface area contributed by atoms with Crippen molar-refractivity contribution in [3.05, 3.63) is 159 Å². The Morgan fingerprint density at radius 3 is 1.46 bits per heavy atom. The molecule has 1 saturated heterocycles. The molecule has 1 fully saturated rings. The number of esters is 2. The molecule has 0 saturated carbocycles. The summed E-state index contributed by atoms with van der Waals surface area (Å²) < 4.78 is 14.1. The van der Waals surface area contributed by atoms with Gasteiger partial charge >= 0.3 is 11.9 Å². The summed E-state index contributed by atoms with van der Waals surface area (Å²) in [7, 11) is 0. The van der Waals surface area contributed by atoms with Crippen molar-refractivity contribution in [2.45, 2.75) is 59.2 Å². The molecule has 0 unspecified atom stereocenters. The Balaban J connectivity index is 0.000000195. The summed E-state index contributed by atoms with van der Waals surface area (Å²) >= 11 is 12.2. The number of aromatic nitrogens is 6. The molecule has 1 aliphatic heterocycles. The van der Waals surface area contributed by atoms with E-state index in [1.54, 1.807) is 89.6 Å². The van der Waals surface area contributed by atoms with E-state index in [4.69, 9.17) is 37.7 Å². The highest BCUT2D eigenvalue weighted by atomic mass is 35.5. The van der Waals surface area contributed by atoms with Crippen LogP contribution in [0.3, 0.4) is 0 Å². The van der Waals surface area contributed by atoms with Crippen molar-refractivity contribution in [1.29, 1.82) is 0 Å². The number of rotatable bonds is 12. The molecular formula is C52H47Cl2N11O7. The van der Waals surface area contributed by atoms with Gasteiger partial charge in [0.2, 0.25) is 5.91 Å². The van der Waals surface area contributed by atoms with Crippen LogP contribution in [-0.2, 0) is 19.1 Å². The Bertz CT molecular complexity index is 3450. The van der Waals surface area contributed by atoms with Crippen LogP contribution in [0.15, 0.2) is 127 Å². The number of imide groups is 1. The van der Waals surface area contributed by atoms with E-state index < -0.39 is 29.0 Å². The molecule has 0 spiro atoms. The fourth-order valence-corrected chi connectivity index (χ4v) is 7.49. The lowest BCUT2D eigenvalue weighted by atomic mass is 10.1. The first-order valence-electron chi connectivity index (χ1n) is 22.3. The van der Waals surface area contributed by atoms with E-state index in [1.807, 2.05) is 77.9 Å². The summed E-state index contributed by atoms with van der Waals surface area (Å²) in [5.74, 6) is 0.378. The molecule has 2 amide bonds. The third-order valence-corrected chi connectivity index (χ3v) is 10.6. The minimum atomic E-state index is -0.626. The molecular weight excluding hydrogens is 962 g/mol. The van der Waals surface area contributed by atoms with E-state index in [9.17, 15) is 24.0 Å². The summed E-state index contributed by atoms with van der Waals surface area (Å²) in [6, 6.07) is 31.8. The average Bonchev–Trinajstić information content (AvgIpc) is 4.01. The van der Waals surface area contributed by atoms with Crippen LogP contribution in [0.25, 0.3) is 17.4 Å². The van der Waals surface area contributed by atoms with Crippen LogP contribution in [0.5, 0.6) is 0 Å². The second kappa shape index (κ2) is 20.8. The zero-order valence-corrected chi connectivity index (χ0v) is 41.2. The number of halogens is 2. The summed E-state index contributed by atoms with van der Waals surface area (Å²) in [6.07, 6.45) is 5.30. The molecule has 4 aromatic heterocycles. The van der Waals surface area contributed by atoms with Crippen LogP contribution >= 0.6 is 23.2 Å². The van der Waals surface area contributed by atoms with Crippen molar-refractivity contribution in [1.82, 2.24) is 34.5 Å². The lowest BCUT2D eigenvalue weighted by Gasteiger charge is -2.19. The topological polar surface area (TPSA) is 224 Å². The number of hydrogen-bond donors (Lipinski definition) is 5. The van der Waals surface area contributed by atoms with Gasteiger partial charge in [-0.1, -0.05) is 47.5 Å². The number of benzene rings is 4. The Labute approximate surface area is 422 Å². The Morgan fingerprint density at radius 2 is 1.04 bits per heavy atom. The number of nitrogens with zero attached hydrogens (tertiary/aromatic N) is 6. The SMILES string of the molecule is CC(C)(C)OC(=O)c1cccc(Nc2cc(Nc3cccc(Cl)c3)nc3c(/C=C4\CC(=O)NC4=O)cnn23)c1.CC(C)(C)OC(=O)c1cccc(Nc2cc(Nc3cccc(Cl)c3)nc3c(C=O)cnn23)c1. The first-order valence-corrected chi connectivity index (χ1v) is 23.0. The smallest absolute Gasteiger partial charge is 0.338 e. The van der Waals surface area contributed by atoms with Gasteiger partial charge in [-0.25, -0.2) is 19.6 Å². The maximum atomic E-state index is 12.6. The number of anilines is 8. The van der Waals surface area contributed by atoms with E-state index in [2.05, 4.69) is 41.8 Å². The molecule has 1 aliphatic rings. The van der Waals surface area contributed by atoms with Crippen molar-refractivity contribution >= 4 is 117 Å². The predicted octanol–water partition coefficient (Wildman–Crippen LogP) is 10.9. The molecule has 366 valence electrons. The van der Waals surface area contributed by atoms with Gasteiger partial charge in [0, 0.05) is 56.1 Å². The van der Waals surface area contributed by atoms with Gasteiger partial charge < -0.3 is 30.7 Å². The maximum absolute atomic E-state index is 12.6. The summed E-state index contributed by atoms with van der Waals surface area (Å²) in [5, 5.41) is 25.1. The number of aldehydes is 1. The van der Waals surface area contributed by atoms with Gasteiger partial charge in [0.25, 0.3) is 5.91 Å². The quantitative estimate of drug-likeness (QED) is 0.0332. The van der Waals surface area contributed by atoms with Gasteiger partial charge in [0.15, 0.2) is 17.6 Å². The third kappa shape index (κ3) is 12.6. The van der Waals surface area contributed by atoms with E-state index in [1.165, 1.54) is 10.7 Å². The second-order valence-corrected chi connectivity index (χ2v) is 19.1. The molecule has 0 radical (unpaired) electrons. The molecule has 5 heterocycles. The van der Waals surface area contributed by atoms with Crippen LogP contribution < -0.4 is 26.6 Å². The minimum Gasteiger partial charge on any atom is -0.456 e. The van der Waals surface area contributed by atoms with Gasteiger partial charge in [-0.15, -0.1) is 0 Å². The molecule has 0 bridgehead atoms. The number of ether oxygens (including phenoxy) is 2. The highest BCUT2D eigenvalue weighted by Gasteiger charge is 2.25. The maximum Gasteiger partial charge on any atom is 0.338 e. The normalized spacial score (nSPS) is 13.0. The standard InChI is InChI=1S/C28H25ClN6O4.C24H22ClN5O3/c1-28(2,3)39-27(38)16-6-4-8-20(11-16)32-23-14-22(31-21-9-5-7-19(29)13-21)33-25-18(15-30-35(23)25)10-17-12-24(36)34-26(17)37;1-24(2,3)33-23(32)15-6-4-8-18(10-15)28-21-12-20(27-19-9-5-7-17(25)11-19)29-22-16(14-31)13-26-30(21)22/h4-11,13-15,32H,12H2,1-3H3,(H,31,33)(H,34,36,37);4-14,28H,1-3H3,(H,27,29)/b17-10+;. The molecule has 9 rings (SSSR count). The van der Waals surface area contributed by atoms with Crippen LogP contribution in [0.1, 0.15) is 84.6 Å². The number of carbonyl (C=O) groups is 5. The highest BCUT2D eigenvalue weighted by molar-refractivity contribution is 6.31. The number of carbonyl (C=O) groups excluding carboxylic acids is 5. The predicted molar refractivity (Wildman–Crippen MR) is 276 cm³/mol. The summed E-state index contributed by atoms with van der Waals surface area (Å²) in [6.45, 7) is 10.9. The van der Waals surface area contributed by atoms with Crippen molar-refractivity contribution in [2.75, 3.05) is 21.3 Å². The fourth-order valence-electron chi connectivity index (χ4n) is 7.11. The zero-order chi connectivity index (χ0) is 51.3. The lowest BCUT2D eigenvalue weighted by Crippen LogP contribution is -2.23. The Morgan fingerprint density at radius 1 is 0.611 bits per heavy atom. The summed E-state index contributed by atoms with van der Waals surface area (Å²) in [4.78, 5) is 69.6. The molecule has 4 aromatic carbocycles. The first kappa shape index (κ1) is 49.8. The number of hydrogen-bond acceptors (Lipinski definition) is 15. The van der Waals surface area contributed by atoms with E-state index >= 15 is 0 Å². The summed E-state index contributed by atoms with van der Waals surface area (Å²) in [5.41, 5.74) is 4.33. The first-order chi connectivity index (χ1) is 34.2. The lowest BCUT2D eigenvalue weighted by molar-refractivity contribution is -0.124. The van der Waals surface area contributed by atoms with Crippen LogP contribution in [-0.4, -0.2) is 70.4 Å². The van der Waals surface area contributed by atoms with Crippen molar-refractivity contribution < 1.29 is 33.4 Å². The average molecular weight is 1010 g/mol. The zero-order valence-electron chi connectivity index (χ0n) is 39.7. The second-order valence-electron chi connectivity index (χ2n) is 18.3. The molecule has 20 heteroatoms. The monoisotopic (exact) mass is 1010 g/mol. The Kier molecular flexibility index (Phi) is 14.4. The van der Waals surface area contributed by atoms with Crippen molar-refractivity contribution in [3.8, 4) is 0 Å². The van der Waals surface area contributed by atoms with Gasteiger partial charge in [0.1, 0.15) is 34.5 Å². The van der Waals surface area contributed by atoms with E-state index in [0.717, 1.165) is 11.4 Å². The van der Waals surface area contributed by atoms with Gasteiger partial charge in [0.05, 0.1) is 35.5 Å². The molecule has 5 N–H and O–H groups in total. The largest absolute Gasteiger partial charge is 0.456 e. The fraction of sp³-hybridized carbons (Fsp3) is 0.173. The Hall–Kier alpha value is -8.61.